The van der Waals surface area contributed by atoms with E-state index in [1.807, 2.05) is 0 Å². The third-order valence-electron chi connectivity index (χ3n) is 3.15. The summed E-state index contributed by atoms with van der Waals surface area (Å²) in [6.07, 6.45) is 12.6. The highest BCUT2D eigenvalue weighted by Gasteiger charge is 2.13. The molecule has 17 heavy (non-hydrogen) atoms. The quantitative estimate of drug-likeness (QED) is 0.658. The SMILES string of the molecule is CCCCCC1=NC(N)N(CCCCC)C=C1. The van der Waals surface area contributed by atoms with Crippen LogP contribution in [0.5, 0.6) is 0 Å². The van der Waals surface area contributed by atoms with E-state index in [0.29, 0.717) is 0 Å². The van der Waals surface area contributed by atoms with E-state index in [0.717, 1.165) is 18.7 Å². The first-order chi connectivity index (χ1) is 8.27. The number of rotatable bonds is 8. The van der Waals surface area contributed by atoms with Gasteiger partial charge >= 0.3 is 0 Å². The zero-order valence-electron chi connectivity index (χ0n) is 11.4. The van der Waals surface area contributed by atoms with Gasteiger partial charge in [-0.1, -0.05) is 39.5 Å². The van der Waals surface area contributed by atoms with E-state index in [-0.39, 0.29) is 6.29 Å². The van der Waals surface area contributed by atoms with E-state index in [2.05, 4.69) is 36.0 Å². The zero-order chi connectivity index (χ0) is 12.5. The summed E-state index contributed by atoms with van der Waals surface area (Å²) in [5.74, 6) is 0. The molecule has 0 aliphatic carbocycles. The van der Waals surface area contributed by atoms with Crippen LogP contribution in [0.1, 0.15) is 58.8 Å². The van der Waals surface area contributed by atoms with Gasteiger partial charge < -0.3 is 4.90 Å². The fourth-order valence-corrected chi connectivity index (χ4v) is 2.01. The van der Waals surface area contributed by atoms with Crippen molar-refractivity contribution in [1.29, 1.82) is 0 Å². The fraction of sp³-hybridized carbons (Fsp3) is 0.786. The summed E-state index contributed by atoms with van der Waals surface area (Å²) in [6, 6.07) is 0. The van der Waals surface area contributed by atoms with Gasteiger partial charge in [-0.05, 0) is 25.3 Å². The van der Waals surface area contributed by atoms with Crippen molar-refractivity contribution >= 4 is 5.71 Å². The van der Waals surface area contributed by atoms with Crippen LogP contribution >= 0.6 is 0 Å². The highest BCUT2D eigenvalue weighted by Crippen LogP contribution is 2.11. The van der Waals surface area contributed by atoms with Crippen LogP contribution in [-0.2, 0) is 0 Å². The molecular weight excluding hydrogens is 210 g/mol. The number of nitrogens with two attached hydrogens (primary N) is 1. The van der Waals surface area contributed by atoms with Gasteiger partial charge in [0.05, 0.1) is 0 Å². The normalized spacial score (nSPS) is 19.6. The average Bonchev–Trinajstić information content (AvgIpc) is 2.32. The maximum Gasteiger partial charge on any atom is 0.173 e. The van der Waals surface area contributed by atoms with Crippen LogP contribution < -0.4 is 5.73 Å². The maximum atomic E-state index is 6.04. The molecule has 1 rings (SSSR count). The molecule has 0 amide bonds. The van der Waals surface area contributed by atoms with Crippen molar-refractivity contribution in [3.8, 4) is 0 Å². The first-order valence-electron chi connectivity index (χ1n) is 7.04. The summed E-state index contributed by atoms with van der Waals surface area (Å²) in [6.45, 7) is 5.47. The number of hydrogen-bond donors (Lipinski definition) is 1. The molecule has 0 saturated carbocycles. The molecule has 0 aromatic rings. The van der Waals surface area contributed by atoms with Gasteiger partial charge in [-0.2, -0.15) is 0 Å². The van der Waals surface area contributed by atoms with Crippen molar-refractivity contribution in [1.82, 2.24) is 4.90 Å². The Kier molecular flexibility index (Phi) is 6.94. The number of nitrogens with zero attached hydrogens (tertiary/aromatic N) is 2. The topological polar surface area (TPSA) is 41.6 Å². The lowest BCUT2D eigenvalue weighted by atomic mass is 10.1. The van der Waals surface area contributed by atoms with Crippen LogP contribution in [0.15, 0.2) is 17.3 Å². The summed E-state index contributed by atoms with van der Waals surface area (Å²) in [4.78, 5) is 6.69. The molecule has 2 N–H and O–H groups in total. The van der Waals surface area contributed by atoms with Gasteiger partial charge in [-0.25, -0.2) is 0 Å². The van der Waals surface area contributed by atoms with E-state index in [9.17, 15) is 0 Å². The lowest BCUT2D eigenvalue weighted by Crippen LogP contribution is -2.40. The van der Waals surface area contributed by atoms with E-state index in [1.165, 1.54) is 38.5 Å². The van der Waals surface area contributed by atoms with Gasteiger partial charge in [0.25, 0.3) is 0 Å². The lowest BCUT2D eigenvalue weighted by molar-refractivity contribution is 0.279. The first kappa shape index (κ1) is 14.2. The molecule has 1 heterocycles. The highest BCUT2D eigenvalue weighted by molar-refractivity contribution is 5.95. The van der Waals surface area contributed by atoms with E-state index < -0.39 is 0 Å². The number of aliphatic imine (C=N–C) groups is 1. The predicted molar refractivity (Wildman–Crippen MR) is 74.9 cm³/mol. The Bertz CT molecular complexity index is 258. The van der Waals surface area contributed by atoms with Crippen LogP contribution in [0.25, 0.3) is 0 Å². The van der Waals surface area contributed by atoms with E-state index >= 15 is 0 Å². The molecule has 0 saturated heterocycles. The van der Waals surface area contributed by atoms with Crippen LogP contribution in [0.3, 0.4) is 0 Å². The molecule has 0 aromatic carbocycles. The van der Waals surface area contributed by atoms with Crippen molar-refractivity contribution in [2.24, 2.45) is 10.7 Å². The molecule has 0 aromatic heterocycles. The van der Waals surface area contributed by atoms with Crippen LogP contribution in [-0.4, -0.2) is 23.4 Å². The number of hydrogen-bond acceptors (Lipinski definition) is 3. The second-order valence-corrected chi connectivity index (χ2v) is 4.75. The minimum Gasteiger partial charge on any atom is -0.344 e. The van der Waals surface area contributed by atoms with Gasteiger partial charge in [0.15, 0.2) is 6.29 Å². The van der Waals surface area contributed by atoms with Crippen molar-refractivity contribution in [2.45, 2.75) is 65.1 Å². The Labute approximate surface area is 106 Å². The van der Waals surface area contributed by atoms with E-state index in [4.69, 9.17) is 5.73 Å². The minimum absolute atomic E-state index is 0.159. The van der Waals surface area contributed by atoms with Crippen molar-refractivity contribution < 1.29 is 0 Å². The summed E-state index contributed by atoms with van der Waals surface area (Å²) in [5.41, 5.74) is 7.21. The molecule has 1 unspecified atom stereocenters. The highest BCUT2D eigenvalue weighted by atomic mass is 15.3. The molecule has 1 aliphatic rings. The van der Waals surface area contributed by atoms with E-state index in [1.54, 1.807) is 0 Å². The van der Waals surface area contributed by atoms with Gasteiger partial charge in [0.1, 0.15) is 0 Å². The molecule has 1 aliphatic heterocycles. The van der Waals surface area contributed by atoms with Gasteiger partial charge in [-0.15, -0.1) is 0 Å². The molecule has 0 spiro atoms. The molecule has 98 valence electrons. The Morgan fingerprint density at radius 2 is 1.88 bits per heavy atom. The monoisotopic (exact) mass is 237 g/mol. The average molecular weight is 237 g/mol. The summed E-state index contributed by atoms with van der Waals surface area (Å²) in [5, 5.41) is 0. The van der Waals surface area contributed by atoms with Crippen LogP contribution in [0.4, 0.5) is 0 Å². The standard InChI is InChI=1S/C14H27N3/c1-3-5-7-9-13-10-12-17(14(15)16-13)11-8-6-4-2/h10,12,14H,3-9,11,15H2,1-2H3. The number of allylic oxidation sites excluding steroid dienone is 1. The van der Waals surface area contributed by atoms with Crippen molar-refractivity contribution in [3.63, 3.8) is 0 Å². The minimum atomic E-state index is -0.159. The smallest absolute Gasteiger partial charge is 0.173 e. The van der Waals surface area contributed by atoms with Gasteiger partial charge in [0, 0.05) is 18.5 Å². The summed E-state index contributed by atoms with van der Waals surface area (Å²) < 4.78 is 0. The second-order valence-electron chi connectivity index (χ2n) is 4.75. The van der Waals surface area contributed by atoms with Crippen molar-refractivity contribution in [3.05, 3.63) is 12.3 Å². The molecule has 0 radical (unpaired) electrons. The molecule has 3 nitrogen and oxygen atoms in total. The largest absolute Gasteiger partial charge is 0.344 e. The zero-order valence-corrected chi connectivity index (χ0v) is 11.4. The van der Waals surface area contributed by atoms with Crippen molar-refractivity contribution in [2.75, 3.05) is 6.54 Å². The second kappa shape index (κ2) is 8.29. The predicted octanol–water partition coefficient (Wildman–Crippen LogP) is 3.27. The third-order valence-corrected chi connectivity index (χ3v) is 3.15. The Morgan fingerprint density at radius 1 is 1.18 bits per heavy atom. The Hall–Kier alpha value is -0.830. The Balaban J connectivity index is 2.30. The third kappa shape index (κ3) is 5.35. The fourth-order valence-electron chi connectivity index (χ4n) is 2.01. The molecule has 0 fully saturated rings. The van der Waals surface area contributed by atoms with Gasteiger partial charge in [-0.3, -0.25) is 10.7 Å². The Morgan fingerprint density at radius 3 is 2.53 bits per heavy atom. The molecular formula is C14H27N3. The molecule has 1 atom stereocenters. The first-order valence-corrected chi connectivity index (χ1v) is 7.04. The number of unbranched alkanes of at least 4 members (excludes halogenated alkanes) is 4. The lowest BCUT2D eigenvalue weighted by Gasteiger charge is -2.28. The van der Waals surface area contributed by atoms with Crippen LogP contribution in [0, 0.1) is 0 Å². The molecule has 3 heteroatoms. The van der Waals surface area contributed by atoms with Crippen LogP contribution in [0.2, 0.25) is 0 Å². The van der Waals surface area contributed by atoms with Gasteiger partial charge in [0.2, 0.25) is 0 Å². The summed E-state index contributed by atoms with van der Waals surface area (Å²) >= 11 is 0. The molecule has 0 bridgehead atoms. The summed E-state index contributed by atoms with van der Waals surface area (Å²) in [7, 11) is 0. The maximum absolute atomic E-state index is 6.04.